The Bertz CT molecular complexity index is 1610. The molecule has 1 unspecified atom stereocenters. The smallest absolute Gasteiger partial charge is 0.353 e. The fourth-order valence-corrected chi connectivity index (χ4v) is 4.91. The first-order valence-electron chi connectivity index (χ1n) is 10.7. The van der Waals surface area contributed by atoms with Gasteiger partial charge in [0, 0.05) is 22.6 Å². The van der Waals surface area contributed by atoms with Crippen molar-refractivity contribution in [2.45, 2.75) is 13.0 Å². The fraction of sp³-hybridized carbons (Fsp3) is 0.154. The van der Waals surface area contributed by atoms with Crippen LogP contribution < -0.4 is 0 Å². The van der Waals surface area contributed by atoms with E-state index in [9.17, 15) is 28.6 Å². The van der Waals surface area contributed by atoms with Crippen LogP contribution in [0.3, 0.4) is 0 Å². The summed E-state index contributed by atoms with van der Waals surface area (Å²) in [5.41, 5.74) is 0.630. The first kappa shape index (κ1) is 20.4. The van der Waals surface area contributed by atoms with E-state index in [1.807, 2.05) is 6.08 Å². The highest BCUT2D eigenvalue weighted by molar-refractivity contribution is 6.30. The van der Waals surface area contributed by atoms with Gasteiger partial charge in [0.05, 0.1) is 22.8 Å². The zero-order chi connectivity index (χ0) is 23.7. The van der Waals surface area contributed by atoms with E-state index in [1.165, 1.54) is 4.57 Å². The Hall–Kier alpha value is -4.20. The summed E-state index contributed by atoms with van der Waals surface area (Å²) in [4.78, 5) is 25.9. The predicted molar refractivity (Wildman–Crippen MR) is 120 cm³/mol. The lowest BCUT2D eigenvalue weighted by Gasteiger charge is -2.11. The molecule has 0 spiro atoms. The molecule has 2 aromatic heterocycles. The largest absolute Gasteiger partial charge is 0.504 e. The van der Waals surface area contributed by atoms with Gasteiger partial charge in [0.2, 0.25) is 0 Å². The molecule has 170 valence electrons. The van der Waals surface area contributed by atoms with Crippen molar-refractivity contribution in [2.24, 2.45) is 11.8 Å². The van der Waals surface area contributed by atoms with E-state index in [-0.39, 0.29) is 57.9 Å². The number of aromatic nitrogens is 1. The lowest BCUT2D eigenvalue weighted by atomic mass is 9.95. The van der Waals surface area contributed by atoms with Gasteiger partial charge in [-0.05, 0) is 42.7 Å². The number of furan rings is 1. The molecule has 2 aliphatic carbocycles. The van der Waals surface area contributed by atoms with E-state index in [0.717, 1.165) is 24.5 Å². The summed E-state index contributed by atoms with van der Waals surface area (Å²) in [5.74, 6) is -3.09. The number of rotatable bonds is 4. The van der Waals surface area contributed by atoms with Crippen LogP contribution in [0.4, 0.5) is 8.78 Å². The van der Waals surface area contributed by atoms with E-state index in [1.54, 1.807) is 24.3 Å². The number of carboxylic acid groups (broad SMARTS) is 1. The summed E-state index contributed by atoms with van der Waals surface area (Å²) in [6.07, 6.45) is 7.08. The molecular formula is C26H17F2NO5. The molecule has 0 aliphatic heterocycles. The number of carbonyl (C=O) groups excluding carboxylic acids is 1. The van der Waals surface area contributed by atoms with Gasteiger partial charge in [0.25, 0.3) is 0 Å². The monoisotopic (exact) mass is 461 g/mol. The van der Waals surface area contributed by atoms with Gasteiger partial charge in [0.1, 0.15) is 29.2 Å². The molecule has 1 fully saturated rings. The highest BCUT2D eigenvalue weighted by atomic mass is 19.1. The Kier molecular flexibility index (Phi) is 4.29. The maximum Gasteiger partial charge on any atom is 0.353 e. The van der Waals surface area contributed by atoms with Crippen molar-refractivity contribution in [3.63, 3.8) is 0 Å². The second kappa shape index (κ2) is 7.15. The van der Waals surface area contributed by atoms with E-state index in [2.05, 4.69) is 0 Å². The number of ketones is 1. The maximum atomic E-state index is 14.5. The number of carboxylic acids is 1. The minimum atomic E-state index is -1.33. The number of benzene rings is 2. The van der Waals surface area contributed by atoms with Crippen molar-refractivity contribution in [2.75, 3.05) is 0 Å². The van der Waals surface area contributed by atoms with E-state index in [0.29, 0.717) is 22.7 Å². The van der Waals surface area contributed by atoms with Gasteiger partial charge in [-0.15, -0.1) is 0 Å². The van der Waals surface area contributed by atoms with Crippen LogP contribution in [0.2, 0.25) is 0 Å². The quantitative estimate of drug-likeness (QED) is 0.432. The first-order chi connectivity index (χ1) is 16.3. The van der Waals surface area contributed by atoms with E-state index in [4.69, 9.17) is 4.42 Å². The Labute approximate surface area is 191 Å². The van der Waals surface area contributed by atoms with E-state index >= 15 is 0 Å². The molecule has 6 rings (SSSR count). The van der Waals surface area contributed by atoms with Gasteiger partial charge in [-0.3, -0.25) is 4.79 Å². The molecule has 8 heteroatoms. The number of nitrogens with zero attached hydrogens (tertiary/aromatic N) is 1. The third-order valence-corrected chi connectivity index (χ3v) is 6.62. The summed E-state index contributed by atoms with van der Waals surface area (Å²) in [6.45, 7) is -0.288. The summed E-state index contributed by atoms with van der Waals surface area (Å²) in [5, 5.41) is 21.1. The average molecular weight is 461 g/mol. The minimum Gasteiger partial charge on any atom is -0.504 e. The topological polar surface area (TPSA) is 92.7 Å². The van der Waals surface area contributed by atoms with Gasteiger partial charge in [-0.1, -0.05) is 18.2 Å². The number of aromatic hydroxyl groups is 1. The number of carbonyl (C=O) groups is 2. The fourth-order valence-electron chi connectivity index (χ4n) is 4.91. The Balaban J connectivity index is 1.71. The van der Waals surface area contributed by atoms with Crippen LogP contribution >= 0.6 is 0 Å². The number of aromatic carboxylic acids is 1. The second-order valence-corrected chi connectivity index (χ2v) is 8.64. The molecule has 2 aromatic carbocycles. The molecular weight excluding hydrogens is 444 g/mol. The lowest BCUT2D eigenvalue weighted by molar-refractivity contribution is -0.115. The van der Waals surface area contributed by atoms with Crippen LogP contribution in [-0.2, 0) is 11.3 Å². The SMILES string of the molecule is O=C(O)c1c(C2=CC=CC3C[C@H]3C2=O)c2c3occ(O)c3ccc2n1Cc1cc(F)ccc1F. The van der Waals surface area contributed by atoms with E-state index < -0.39 is 17.6 Å². The van der Waals surface area contributed by atoms with Crippen LogP contribution in [0.1, 0.15) is 28.0 Å². The maximum absolute atomic E-state index is 14.5. The minimum absolute atomic E-state index is 0.0448. The predicted octanol–water partition coefficient (Wildman–Crippen LogP) is 5.28. The highest BCUT2D eigenvalue weighted by Gasteiger charge is 2.44. The molecule has 1 saturated carbocycles. The molecule has 0 bridgehead atoms. The highest BCUT2D eigenvalue weighted by Crippen LogP contribution is 2.48. The van der Waals surface area contributed by atoms with Gasteiger partial charge in [0.15, 0.2) is 11.5 Å². The molecule has 2 aliphatic rings. The Morgan fingerprint density at radius 3 is 2.82 bits per heavy atom. The summed E-state index contributed by atoms with van der Waals surface area (Å²) < 4.78 is 35.3. The number of Topliss-reactive ketones (excluding diaryl/α,β-unsaturated/α-hetero) is 1. The average Bonchev–Trinajstić information content (AvgIpc) is 3.41. The third kappa shape index (κ3) is 2.91. The molecule has 2 heterocycles. The standard InChI is InChI=1S/C26H17F2NO5/c27-14-4-6-18(28)13(8-14)10-29-19-7-5-15-20(30)11-34-25(15)22(19)21(23(29)26(32)33)16-3-1-2-12-9-17(12)24(16)31/h1-8,11-12,17,30H,9-10H2,(H,32,33)/t12?,17-/m1/s1. The third-order valence-electron chi connectivity index (χ3n) is 6.62. The zero-order valence-electron chi connectivity index (χ0n) is 17.6. The van der Waals surface area contributed by atoms with Gasteiger partial charge >= 0.3 is 5.97 Å². The van der Waals surface area contributed by atoms with Crippen LogP contribution in [-0.4, -0.2) is 26.5 Å². The van der Waals surface area contributed by atoms with Crippen molar-refractivity contribution in [1.82, 2.24) is 4.57 Å². The molecule has 2 N–H and O–H groups in total. The number of fused-ring (bicyclic) bond motifs is 4. The van der Waals surface area contributed by atoms with Crippen molar-refractivity contribution >= 4 is 39.2 Å². The molecule has 2 atom stereocenters. The summed E-state index contributed by atoms with van der Waals surface area (Å²) in [6, 6.07) is 6.12. The van der Waals surface area contributed by atoms with Gasteiger partial charge in [-0.25, -0.2) is 13.6 Å². The van der Waals surface area contributed by atoms with Crippen molar-refractivity contribution < 1.29 is 33.0 Å². The number of hydrogen-bond acceptors (Lipinski definition) is 4. The summed E-state index contributed by atoms with van der Waals surface area (Å²) in [7, 11) is 0. The van der Waals surface area contributed by atoms with Crippen molar-refractivity contribution in [1.29, 1.82) is 0 Å². The Morgan fingerprint density at radius 1 is 1.21 bits per heavy atom. The van der Waals surface area contributed by atoms with Crippen LogP contribution in [0.25, 0.3) is 27.4 Å². The molecule has 6 nitrogen and oxygen atoms in total. The van der Waals surface area contributed by atoms with Crippen LogP contribution in [0.15, 0.2) is 59.2 Å². The molecule has 4 aromatic rings. The molecule has 0 radical (unpaired) electrons. The van der Waals surface area contributed by atoms with Crippen molar-refractivity contribution in [3.05, 3.63) is 83.3 Å². The van der Waals surface area contributed by atoms with Gasteiger partial charge in [-0.2, -0.15) is 0 Å². The zero-order valence-corrected chi connectivity index (χ0v) is 17.6. The van der Waals surface area contributed by atoms with Gasteiger partial charge < -0.3 is 19.2 Å². The molecule has 0 amide bonds. The second-order valence-electron chi connectivity index (χ2n) is 8.64. The molecule has 34 heavy (non-hydrogen) atoms. The summed E-state index contributed by atoms with van der Waals surface area (Å²) >= 11 is 0. The van der Waals surface area contributed by atoms with Crippen LogP contribution in [0.5, 0.6) is 5.75 Å². The molecule has 0 saturated heterocycles. The normalized spacial score (nSPS) is 19.4. The van der Waals surface area contributed by atoms with Crippen LogP contribution in [0, 0.1) is 23.5 Å². The lowest BCUT2D eigenvalue weighted by Crippen LogP contribution is -2.14. The number of hydrogen-bond donors (Lipinski definition) is 2. The number of halogens is 2. The first-order valence-corrected chi connectivity index (χ1v) is 10.7. The number of allylic oxidation sites excluding steroid dienone is 4. The Morgan fingerprint density at radius 2 is 2.03 bits per heavy atom. The van der Waals surface area contributed by atoms with Crippen molar-refractivity contribution in [3.8, 4) is 5.75 Å².